The van der Waals surface area contributed by atoms with E-state index in [4.69, 9.17) is 5.11 Å². The van der Waals surface area contributed by atoms with Gasteiger partial charge in [0, 0.05) is 0 Å². The second-order valence-electron chi connectivity index (χ2n) is 4.59. The van der Waals surface area contributed by atoms with E-state index in [9.17, 15) is 19.2 Å². The number of carbonyl (C=O) groups excluding carboxylic acids is 3. The summed E-state index contributed by atoms with van der Waals surface area (Å²) in [5.74, 6) is -3.25. The van der Waals surface area contributed by atoms with Crippen LogP contribution < -0.4 is 5.32 Å². The third kappa shape index (κ3) is 2.64. The van der Waals surface area contributed by atoms with Crippen molar-refractivity contribution in [2.24, 2.45) is 11.8 Å². The van der Waals surface area contributed by atoms with E-state index < -0.39 is 25.0 Å². The number of likely N-dealkylation sites (tertiary alicyclic amines) is 1. The van der Waals surface area contributed by atoms with Crippen LogP contribution in [0, 0.1) is 11.8 Å². The number of hydrogen-bond donors (Lipinski definition) is 2. The number of imide groups is 1. The summed E-state index contributed by atoms with van der Waals surface area (Å²) < 4.78 is 0. The smallest absolute Gasteiger partial charge is 0.322 e. The van der Waals surface area contributed by atoms with Crippen molar-refractivity contribution >= 4 is 23.7 Å². The summed E-state index contributed by atoms with van der Waals surface area (Å²) in [5, 5.41) is 10.6. The lowest BCUT2D eigenvalue weighted by molar-refractivity contribution is -0.144. The molecule has 2 unspecified atom stereocenters. The molecule has 0 aromatic carbocycles. The molecule has 1 aliphatic heterocycles. The van der Waals surface area contributed by atoms with Gasteiger partial charge >= 0.3 is 5.97 Å². The molecule has 3 amide bonds. The Bertz CT molecular complexity index is 445. The quantitative estimate of drug-likeness (QED) is 0.509. The fraction of sp³-hybridized carbons (Fsp3) is 0.500. The molecule has 0 aromatic heterocycles. The van der Waals surface area contributed by atoms with Gasteiger partial charge in [0.15, 0.2) is 0 Å². The Morgan fingerprint density at radius 1 is 1.21 bits per heavy atom. The Morgan fingerprint density at radius 2 is 1.74 bits per heavy atom. The summed E-state index contributed by atoms with van der Waals surface area (Å²) in [6.07, 6.45) is 4.76. The van der Waals surface area contributed by atoms with E-state index in [0.717, 1.165) is 4.90 Å². The predicted octanol–water partition coefficient (Wildman–Crippen LogP) is -0.862. The van der Waals surface area contributed by atoms with Gasteiger partial charge in [0.1, 0.15) is 13.1 Å². The highest BCUT2D eigenvalue weighted by Crippen LogP contribution is 2.34. The fourth-order valence-electron chi connectivity index (χ4n) is 2.40. The largest absolute Gasteiger partial charge is 0.480 e. The predicted molar refractivity (Wildman–Crippen MR) is 62.7 cm³/mol. The molecule has 1 saturated heterocycles. The molecule has 0 aromatic rings. The summed E-state index contributed by atoms with van der Waals surface area (Å²) >= 11 is 0. The number of hydrogen-bond acceptors (Lipinski definition) is 4. The Morgan fingerprint density at radius 3 is 2.21 bits per heavy atom. The van der Waals surface area contributed by atoms with Gasteiger partial charge in [-0.15, -0.1) is 0 Å². The van der Waals surface area contributed by atoms with E-state index in [2.05, 4.69) is 5.32 Å². The van der Waals surface area contributed by atoms with Gasteiger partial charge in [-0.3, -0.25) is 24.1 Å². The molecule has 2 atom stereocenters. The van der Waals surface area contributed by atoms with Gasteiger partial charge in [-0.05, 0) is 12.8 Å². The van der Waals surface area contributed by atoms with Gasteiger partial charge in [-0.1, -0.05) is 12.2 Å². The summed E-state index contributed by atoms with van der Waals surface area (Å²) in [5.41, 5.74) is 0. The van der Waals surface area contributed by atoms with Gasteiger partial charge in [-0.2, -0.15) is 0 Å². The van der Waals surface area contributed by atoms with Crippen LogP contribution in [-0.2, 0) is 19.2 Å². The third-order valence-corrected chi connectivity index (χ3v) is 3.34. The standard InChI is InChI=1S/C12H14N2O5/c15-9(13-5-10(16)17)6-14-11(18)7-3-1-2-4-8(7)12(14)19/h1-2,7-8H,3-6H2,(H,13,15)(H,16,17). The molecule has 0 spiro atoms. The van der Waals surface area contributed by atoms with Crippen LogP contribution in [0.3, 0.4) is 0 Å². The summed E-state index contributed by atoms with van der Waals surface area (Å²) in [6, 6.07) is 0. The number of carbonyl (C=O) groups is 4. The third-order valence-electron chi connectivity index (χ3n) is 3.34. The Hall–Kier alpha value is -2.18. The maximum Gasteiger partial charge on any atom is 0.322 e. The lowest BCUT2D eigenvalue weighted by Gasteiger charge is -2.14. The highest BCUT2D eigenvalue weighted by Gasteiger charge is 2.47. The van der Waals surface area contributed by atoms with E-state index in [1.165, 1.54) is 0 Å². The molecular formula is C12H14N2O5. The highest BCUT2D eigenvalue weighted by atomic mass is 16.4. The zero-order valence-electron chi connectivity index (χ0n) is 10.2. The normalized spacial score (nSPS) is 25.4. The number of carboxylic acid groups (broad SMARTS) is 1. The van der Waals surface area contributed by atoms with Crippen LogP contribution in [0.25, 0.3) is 0 Å². The highest BCUT2D eigenvalue weighted by molar-refractivity contribution is 6.07. The van der Waals surface area contributed by atoms with Crippen molar-refractivity contribution in [1.29, 1.82) is 0 Å². The number of allylic oxidation sites excluding steroid dienone is 2. The zero-order chi connectivity index (χ0) is 14.0. The molecule has 0 bridgehead atoms. The van der Waals surface area contributed by atoms with Crippen LogP contribution in [0.1, 0.15) is 12.8 Å². The van der Waals surface area contributed by atoms with Crippen LogP contribution in [0.5, 0.6) is 0 Å². The number of rotatable bonds is 4. The van der Waals surface area contributed by atoms with E-state index >= 15 is 0 Å². The molecule has 7 heteroatoms. The lowest BCUT2D eigenvalue weighted by Crippen LogP contribution is -2.42. The molecule has 0 radical (unpaired) electrons. The van der Waals surface area contributed by atoms with Crippen LogP contribution in [0.2, 0.25) is 0 Å². The summed E-state index contributed by atoms with van der Waals surface area (Å²) in [7, 11) is 0. The van der Waals surface area contributed by atoms with Gasteiger partial charge < -0.3 is 10.4 Å². The number of carboxylic acids is 1. The van der Waals surface area contributed by atoms with Gasteiger partial charge in [0.2, 0.25) is 17.7 Å². The minimum atomic E-state index is -1.18. The molecule has 1 fully saturated rings. The van der Waals surface area contributed by atoms with Crippen molar-refractivity contribution in [2.75, 3.05) is 13.1 Å². The zero-order valence-corrected chi connectivity index (χ0v) is 10.2. The van der Waals surface area contributed by atoms with E-state index in [-0.39, 0.29) is 23.7 Å². The summed E-state index contributed by atoms with van der Waals surface area (Å²) in [4.78, 5) is 46.7. The topological polar surface area (TPSA) is 104 Å². The van der Waals surface area contributed by atoms with Crippen LogP contribution in [-0.4, -0.2) is 46.8 Å². The van der Waals surface area contributed by atoms with Crippen molar-refractivity contribution in [3.63, 3.8) is 0 Å². The average Bonchev–Trinajstić information content (AvgIpc) is 2.62. The molecule has 102 valence electrons. The number of aliphatic carboxylic acids is 1. The Labute approximate surface area is 109 Å². The van der Waals surface area contributed by atoms with Crippen LogP contribution in [0.15, 0.2) is 12.2 Å². The van der Waals surface area contributed by atoms with Crippen molar-refractivity contribution in [3.05, 3.63) is 12.2 Å². The van der Waals surface area contributed by atoms with E-state index in [1.807, 2.05) is 12.2 Å². The lowest BCUT2D eigenvalue weighted by atomic mass is 9.85. The molecule has 2 rings (SSSR count). The molecule has 0 saturated carbocycles. The summed E-state index contributed by atoms with van der Waals surface area (Å²) in [6.45, 7) is -0.929. The minimum Gasteiger partial charge on any atom is -0.480 e. The monoisotopic (exact) mass is 266 g/mol. The number of nitrogens with zero attached hydrogens (tertiary/aromatic N) is 1. The maximum absolute atomic E-state index is 12.0. The molecular weight excluding hydrogens is 252 g/mol. The van der Waals surface area contributed by atoms with Crippen LogP contribution in [0.4, 0.5) is 0 Å². The van der Waals surface area contributed by atoms with Gasteiger partial charge in [0.25, 0.3) is 0 Å². The second kappa shape index (κ2) is 5.21. The first-order valence-corrected chi connectivity index (χ1v) is 5.99. The first-order chi connectivity index (χ1) is 9.00. The fourth-order valence-corrected chi connectivity index (χ4v) is 2.40. The number of amides is 3. The molecule has 1 heterocycles. The van der Waals surface area contributed by atoms with Crippen molar-refractivity contribution in [3.8, 4) is 0 Å². The minimum absolute atomic E-state index is 0.343. The van der Waals surface area contributed by atoms with Crippen LogP contribution >= 0.6 is 0 Å². The van der Waals surface area contributed by atoms with E-state index in [0.29, 0.717) is 12.8 Å². The van der Waals surface area contributed by atoms with Crippen molar-refractivity contribution in [2.45, 2.75) is 12.8 Å². The maximum atomic E-state index is 12.0. The first kappa shape index (κ1) is 13.3. The molecule has 7 nitrogen and oxygen atoms in total. The Kier molecular flexibility index (Phi) is 3.64. The van der Waals surface area contributed by atoms with E-state index in [1.54, 1.807) is 0 Å². The molecule has 19 heavy (non-hydrogen) atoms. The Balaban J connectivity index is 1.98. The SMILES string of the molecule is O=C(O)CNC(=O)CN1C(=O)C2CC=CCC2C1=O. The van der Waals surface area contributed by atoms with Gasteiger partial charge in [-0.25, -0.2) is 0 Å². The number of nitrogens with one attached hydrogen (secondary N) is 1. The molecule has 2 aliphatic rings. The van der Waals surface area contributed by atoms with Crippen molar-refractivity contribution < 1.29 is 24.3 Å². The van der Waals surface area contributed by atoms with Crippen molar-refractivity contribution in [1.82, 2.24) is 10.2 Å². The molecule has 2 N–H and O–H groups in total. The van der Waals surface area contributed by atoms with Gasteiger partial charge in [0.05, 0.1) is 11.8 Å². The average molecular weight is 266 g/mol. The number of fused-ring (bicyclic) bond motifs is 1. The first-order valence-electron chi connectivity index (χ1n) is 5.99. The molecule has 1 aliphatic carbocycles. The second-order valence-corrected chi connectivity index (χ2v) is 4.59.